The Hall–Kier alpha value is -2.62. The number of carbonyl (C=O) groups is 2. The number of carbonyl (C=O) groups excluding carboxylic acids is 2. The predicted molar refractivity (Wildman–Crippen MR) is 101 cm³/mol. The van der Waals surface area contributed by atoms with Gasteiger partial charge in [0.1, 0.15) is 0 Å². The van der Waals surface area contributed by atoms with Crippen molar-refractivity contribution in [1.29, 1.82) is 0 Å². The van der Waals surface area contributed by atoms with Crippen molar-refractivity contribution in [3.63, 3.8) is 0 Å². The lowest BCUT2D eigenvalue weighted by molar-refractivity contribution is -0.117. The van der Waals surface area contributed by atoms with Crippen LogP contribution in [-0.4, -0.2) is 24.9 Å². The third kappa shape index (κ3) is 3.43. The van der Waals surface area contributed by atoms with Crippen molar-refractivity contribution in [3.05, 3.63) is 59.2 Å². The Kier molecular flexibility index (Phi) is 4.88. The summed E-state index contributed by atoms with van der Waals surface area (Å²) in [7, 11) is 0. The topological polar surface area (TPSA) is 40.6 Å². The summed E-state index contributed by atoms with van der Waals surface area (Å²) >= 11 is 0. The van der Waals surface area contributed by atoms with Crippen LogP contribution in [0.5, 0.6) is 0 Å². The molecule has 1 saturated heterocycles. The van der Waals surface area contributed by atoms with E-state index in [-0.39, 0.29) is 11.8 Å². The molecule has 0 spiro atoms. The average Bonchev–Trinajstić information content (AvgIpc) is 3.03. The van der Waals surface area contributed by atoms with E-state index in [0.717, 1.165) is 29.9 Å². The van der Waals surface area contributed by atoms with Gasteiger partial charge in [0.05, 0.1) is 0 Å². The molecule has 2 amide bonds. The standard InChI is InChI=1S/C21H24N2O2/c1-4-22(19-11-10-15(2)13-16(19)3)21(25)17-7-5-8-18(14-17)23-12-6-9-20(23)24/h5,7-8,10-11,13-14H,4,6,9,12H2,1-3H3. The second-order valence-electron chi connectivity index (χ2n) is 6.54. The number of aryl methyl sites for hydroxylation is 2. The van der Waals surface area contributed by atoms with Crippen LogP contribution in [0.4, 0.5) is 11.4 Å². The van der Waals surface area contributed by atoms with Gasteiger partial charge in [0.25, 0.3) is 5.91 Å². The number of anilines is 2. The third-order valence-electron chi connectivity index (χ3n) is 4.68. The van der Waals surface area contributed by atoms with Gasteiger partial charge in [0.15, 0.2) is 0 Å². The third-order valence-corrected chi connectivity index (χ3v) is 4.68. The van der Waals surface area contributed by atoms with Crippen molar-refractivity contribution in [1.82, 2.24) is 0 Å². The molecule has 2 aromatic carbocycles. The fraction of sp³-hybridized carbons (Fsp3) is 0.333. The monoisotopic (exact) mass is 336 g/mol. The van der Waals surface area contributed by atoms with Crippen LogP contribution < -0.4 is 9.80 Å². The van der Waals surface area contributed by atoms with Crippen LogP contribution in [-0.2, 0) is 4.79 Å². The molecule has 1 fully saturated rings. The minimum atomic E-state index is -0.0389. The average molecular weight is 336 g/mol. The molecule has 130 valence electrons. The first-order valence-electron chi connectivity index (χ1n) is 8.81. The second kappa shape index (κ2) is 7.09. The van der Waals surface area contributed by atoms with Gasteiger partial charge < -0.3 is 9.80 Å². The Morgan fingerprint density at radius 2 is 1.96 bits per heavy atom. The molecule has 0 bridgehead atoms. The lowest BCUT2D eigenvalue weighted by Crippen LogP contribution is -2.31. The fourth-order valence-corrected chi connectivity index (χ4v) is 3.42. The quantitative estimate of drug-likeness (QED) is 0.843. The minimum Gasteiger partial charge on any atom is -0.312 e. The molecule has 0 atom stereocenters. The summed E-state index contributed by atoms with van der Waals surface area (Å²) in [5.41, 5.74) is 4.62. The molecular formula is C21H24N2O2. The number of amides is 2. The SMILES string of the molecule is CCN(C(=O)c1cccc(N2CCCC2=O)c1)c1ccc(C)cc1C. The molecule has 2 aromatic rings. The summed E-state index contributed by atoms with van der Waals surface area (Å²) in [6.07, 6.45) is 1.46. The van der Waals surface area contributed by atoms with Crippen LogP contribution in [0.15, 0.2) is 42.5 Å². The van der Waals surface area contributed by atoms with Crippen molar-refractivity contribution >= 4 is 23.2 Å². The normalized spacial score (nSPS) is 14.0. The highest BCUT2D eigenvalue weighted by Gasteiger charge is 2.23. The summed E-state index contributed by atoms with van der Waals surface area (Å²) in [5.74, 6) is 0.0919. The van der Waals surface area contributed by atoms with Gasteiger partial charge in [0.2, 0.25) is 5.91 Å². The van der Waals surface area contributed by atoms with E-state index < -0.39 is 0 Å². The van der Waals surface area contributed by atoms with Crippen LogP contribution in [0.3, 0.4) is 0 Å². The number of rotatable bonds is 4. The molecule has 0 aliphatic carbocycles. The lowest BCUT2D eigenvalue weighted by Gasteiger charge is -2.24. The molecule has 1 aliphatic heterocycles. The number of hydrogen-bond donors (Lipinski definition) is 0. The van der Waals surface area contributed by atoms with E-state index in [4.69, 9.17) is 0 Å². The smallest absolute Gasteiger partial charge is 0.258 e. The van der Waals surface area contributed by atoms with Crippen molar-refractivity contribution in [2.45, 2.75) is 33.6 Å². The molecule has 4 nitrogen and oxygen atoms in total. The second-order valence-corrected chi connectivity index (χ2v) is 6.54. The maximum atomic E-state index is 13.1. The zero-order chi connectivity index (χ0) is 18.0. The zero-order valence-electron chi connectivity index (χ0n) is 15.1. The van der Waals surface area contributed by atoms with Gasteiger partial charge in [-0.05, 0) is 57.0 Å². The zero-order valence-corrected chi connectivity index (χ0v) is 15.1. The van der Waals surface area contributed by atoms with Crippen LogP contribution in [0.2, 0.25) is 0 Å². The van der Waals surface area contributed by atoms with E-state index in [1.807, 2.05) is 57.2 Å². The molecule has 0 radical (unpaired) electrons. The summed E-state index contributed by atoms with van der Waals surface area (Å²) in [4.78, 5) is 28.6. The Labute approximate surface area is 149 Å². The number of hydrogen-bond acceptors (Lipinski definition) is 2. The Morgan fingerprint density at radius 3 is 2.60 bits per heavy atom. The molecule has 0 aromatic heterocycles. The lowest BCUT2D eigenvalue weighted by atomic mass is 10.1. The molecule has 1 heterocycles. The van der Waals surface area contributed by atoms with E-state index in [1.165, 1.54) is 5.56 Å². The highest BCUT2D eigenvalue weighted by molar-refractivity contribution is 6.07. The van der Waals surface area contributed by atoms with Gasteiger partial charge in [0, 0.05) is 36.4 Å². The highest BCUT2D eigenvalue weighted by Crippen LogP contribution is 2.26. The van der Waals surface area contributed by atoms with Crippen molar-refractivity contribution < 1.29 is 9.59 Å². The number of benzene rings is 2. The van der Waals surface area contributed by atoms with Crippen LogP contribution in [0.1, 0.15) is 41.3 Å². The molecule has 25 heavy (non-hydrogen) atoms. The van der Waals surface area contributed by atoms with Crippen molar-refractivity contribution in [3.8, 4) is 0 Å². The van der Waals surface area contributed by atoms with Gasteiger partial charge in [-0.2, -0.15) is 0 Å². The summed E-state index contributed by atoms with van der Waals surface area (Å²) in [6.45, 7) is 7.37. The van der Waals surface area contributed by atoms with E-state index in [1.54, 1.807) is 9.80 Å². The molecular weight excluding hydrogens is 312 g/mol. The van der Waals surface area contributed by atoms with Crippen LogP contribution >= 0.6 is 0 Å². The summed E-state index contributed by atoms with van der Waals surface area (Å²) < 4.78 is 0. The Morgan fingerprint density at radius 1 is 1.16 bits per heavy atom. The maximum absolute atomic E-state index is 13.1. The fourth-order valence-electron chi connectivity index (χ4n) is 3.42. The molecule has 4 heteroatoms. The largest absolute Gasteiger partial charge is 0.312 e. The molecule has 0 unspecified atom stereocenters. The first kappa shape index (κ1) is 17.2. The van der Waals surface area contributed by atoms with Gasteiger partial charge in [-0.3, -0.25) is 9.59 Å². The predicted octanol–water partition coefficient (Wildman–Crippen LogP) is 4.10. The van der Waals surface area contributed by atoms with Gasteiger partial charge in [-0.25, -0.2) is 0 Å². The highest BCUT2D eigenvalue weighted by atomic mass is 16.2. The van der Waals surface area contributed by atoms with Crippen molar-refractivity contribution in [2.75, 3.05) is 22.9 Å². The summed E-state index contributed by atoms with van der Waals surface area (Å²) in [5, 5.41) is 0. The van der Waals surface area contributed by atoms with Crippen LogP contribution in [0.25, 0.3) is 0 Å². The molecule has 1 aliphatic rings. The number of nitrogens with zero attached hydrogens (tertiary/aromatic N) is 2. The van der Waals surface area contributed by atoms with Crippen molar-refractivity contribution in [2.24, 2.45) is 0 Å². The first-order valence-corrected chi connectivity index (χ1v) is 8.81. The minimum absolute atomic E-state index is 0.0389. The Balaban J connectivity index is 1.92. The summed E-state index contributed by atoms with van der Waals surface area (Å²) in [6, 6.07) is 13.5. The maximum Gasteiger partial charge on any atom is 0.258 e. The van der Waals surface area contributed by atoms with E-state index in [9.17, 15) is 9.59 Å². The molecule has 0 saturated carbocycles. The van der Waals surface area contributed by atoms with Gasteiger partial charge in [-0.1, -0.05) is 23.8 Å². The van der Waals surface area contributed by atoms with Crippen LogP contribution in [0, 0.1) is 13.8 Å². The molecule has 0 N–H and O–H groups in total. The Bertz CT molecular complexity index is 813. The first-order chi connectivity index (χ1) is 12.0. The van der Waals surface area contributed by atoms with Gasteiger partial charge >= 0.3 is 0 Å². The van der Waals surface area contributed by atoms with E-state index >= 15 is 0 Å². The van der Waals surface area contributed by atoms with E-state index in [0.29, 0.717) is 18.5 Å². The van der Waals surface area contributed by atoms with Gasteiger partial charge in [-0.15, -0.1) is 0 Å². The van der Waals surface area contributed by atoms with E-state index in [2.05, 4.69) is 6.07 Å². The molecule has 3 rings (SSSR count).